The van der Waals surface area contributed by atoms with E-state index in [9.17, 15) is 10.2 Å². The summed E-state index contributed by atoms with van der Waals surface area (Å²) in [5, 5.41) is 20.2. The number of aromatic nitrogens is 4. The summed E-state index contributed by atoms with van der Waals surface area (Å²) < 4.78 is 14.0. The Hall–Kier alpha value is -1.59. The van der Waals surface area contributed by atoms with Gasteiger partial charge in [-0.3, -0.25) is 4.57 Å². The van der Waals surface area contributed by atoms with E-state index in [2.05, 4.69) is 48.8 Å². The Balaban J connectivity index is 2.01. The maximum atomic E-state index is 10.7. The first-order valence-corrected chi connectivity index (χ1v) is 11.5. The second kappa shape index (κ2) is 6.53. The van der Waals surface area contributed by atoms with Crippen molar-refractivity contribution in [3.63, 3.8) is 0 Å². The number of rotatable bonds is 4. The molecule has 4 atom stereocenters. The number of fused-ring (bicyclic) bond motifs is 1. The fourth-order valence-electron chi connectivity index (χ4n) is 2.79. The van der Waals surface area contributed by atoms with Crippen molar-refractivity contribution in [2.45, 2.75) is 63.4 Å². The Morgan fingerprint density at radius 3 is 2.62 bits per heavy atom. The third kappa shape index (κ3) is 3.12. The first kappa shape index (κ1) is 19.2. The molecule has 3 rings (SSSR count). The fourth-order valence-corrected chi connectivity index (χ4v) is 4.08. The van der Waals surface area contributed by atoms with Crippen LogP contribution in [0.4, 0.5) is 5.82 Å². The maximum absolute atomic E-state index is 10.7. The number of nitrogens with zero attached hydrogens (tertiary/aromatic N) is 4. The quantitative estimate of drug-likeness (QED) is 0.670. The zero-order chi connectivity index (χ0) is 19.3. The summed E-state index contributed by atoms with van der Waals surface area (Å²) in [7, 11) is -2.20. The van der Waals surface area contributed by atoms with Crippen molar-refractivity contribution >= 4 is 25.3 Å². The van der Waals surface area contributed by atoms with E-state index < -0.39 is 32.9 Å². The molecule has 1 aliphatic heterocycles. The van der Waals surface area contributed by atoms with Gasteiger partial charge in [0.25, 0.3) is 0 Å². The van der Waals surface area contributed by atoms with Gasteiger partial charge in [-0.1, -0.05) is 20.8 Å². The fraction of sp³-hybridized carbons (Fsp3) is 0.688. The number of imidazole rings is 1. The van der Waals surface area contributed by atoms with Crippen LogP contribution >= 0.6 is 0 Å². The van der Waals surface area contributed by atoms with Gasteiger partial charge >= 0.3 is 0 Å². The predicted octanol–water partition coefficient (Wildman–Crippen LogP) is 1.05. The smallest absolute Gasteiger partial charge is 0.192 e. The first-order valence-electron chi connectivity index (χ1n) is 8.62. The average Bonchev–Trinajstić information content (AvgIpc) is 3.09. The maximum Gasteiger partial charge on any atom is 0.192 e. The highest BCUT2D eigenvalue weighted by atomic mass is 28.4. The van der Waals surface area contributed by atoms with Crippen LogP contribution in [-0.4, -0.2) is 63.0 Å². The van der Waals surface area contributed by atoms with Crippen molar-refractivity contribution in [3.8, 4) is 0 Å². The van der Waals surface area contributed by atoms with Gasteiger partial charge in [0.15, 0.2) is 26.0 Å². The van der Waals surface area contributed by atoms with Crippen LogP contribution in [0.3, 0.4) is 0 Å². The van der Waals surface area contributed by atoms with Crippen LogP contribution in [0.5, 0.6) is 0 Å². The molecule has 0 aliphatic carbocycles. The van der Waals surface area contributed by atoms with Gasteiger partial charge in [-0.2, -0.15) is 0 Å². The molecule has 2 aromatic rings. The van der Waals surface area contributed by atoms with E-state index in [4.69, 9.17) is 14.9 Å². The molecular formula is C16H27N5O4Si. The Kier molecular flexibility index (Phi) is 4.82. The predicted molar refractivity (Wildman–Crippen MR) is 98.8 cm³/mol. The molecule has 10 heteroatoms. The molecule has 0 unspecified atom stereocenters. The van der Waals surface area contributed by atoms with Crippen LogP contribution in [0.2, 0.25) is 18.1 Å². The van der Waals surface area contributed by atoms with E-state index >= 15 is 0 Å². The Morgan fingerprint density at radius 1 is 1.31 bits per heavy atom. The molecule has 2 aromatic heterocycles. The molecule has 0 bridgehead atoms. The van der Waals surface area contributed by atoms with E-state index in [1.807, 2.05) is 0 Å². The van der Waals surface area contributed by atoms with Crippen LogP contribution < -0.4 is 5.73 Å². The zero-order valence-electron chi connectivity index (χ0n) is 15.7. The summed E-state index contributed by atoms with van der Waals surface area (Å²) in [5.74, 6) is 0.271. The van der Waals surface area contributed by atoms with E-state index in [0.717, 1.165) is 0 Å². The van der Waals surface area contributed by atoms with Gasteiger partial charge in [-0.05, 0) is 18.1 Å². The van der Waals surface area contributed by atoms with Gasteiger partial charge in [0.05, 0.1) is 12.9 Å². The van der Waals surface area contributed by atoms with E-state index in [-0.39, 0.29) is 17.5 Å². The molecule has 1 saturated heterocycles. The Bertz CT molecular complexity index is 791. The van der Waals surface area contributed by atoms with Crippen molar-refractivity contribution in [3.05, 3.63) is 12.7 Å². The lowest BCUT2D eigenvalue weighted by Crippen LogP contribution is -2.48. The van der Waals surface area contributed by atoms with Gasteiger partial charge in [0.2, 0.25) is 0 Å². The van der Waals surface area contributed by atoms with E-state index in [0.29, 0.717) is 11.2 Å². The molecule has 0 spiro atoms. The molecule has 0 radical (unpaired) electrons. The van der Waals surface area contributed by atoms with Gasteiger partial charge in [-0.15, -0.1) is 0 Å². The summed E-state index contributed by atoms with van der Waals surface area (Å²) >= 11 is 0. The molecule has 3 heterocycles. The molecule has 9 nitrogen and oxygen atoms in total. The SMILES string of the molecule is CC(C)(C)[Si](C)(C)O[C@@H]1[C@H](O)[C@@H](CO)O[C@H]1n1cnc2c(N)ncnc21. The van der Waals surface area contributed by atoms with E-state index in [1.165, 1.54) is 6.33 Å². The first-order chi connectivity index (χ1) is 12.1. The number of nitrogens with two attached hydrogens (primary N) is 1. The normalized spacial score (nSPS) is 27.3. The van der Waals surface area contributed by atoms with E-state index in [1.54, 1.807) is 10.9 Å². The summed E-state index contributed by atoms with van der Waals surface area (Å²) in [6.07, 6.45) is -0.122. The molecule has 4 N–H and O–H groups in total. The largest absolute Gasteiger partial charge is 0.407 e. The summed E-state index contributed by atoms with van der Waals surface area (Å²) in [6.45, 7) is 10.3. The monoisotopic (exact) mass is 381 g/mol. The average molecular weight is 382 g/mol. The topological polar surface area (TPSA) is 129 Å². The second-order valence-corrected chi connectivity index (χ2v) is 12.9. The van der Waals surface area contributed by atoms with Crippen molar-refractivity contribution in [1.29, 1.82) is 0 Å². The van der Waals surface area contributed by atoms with Crippen LogP contribution in [0.1, 0.15) is 27.0 Å². The van der Waals surface area contributed by atoms with Gasteiger partial charge in [0, 0.05) is 0 Å². The molecule has 0 aromatic carbocycles. The summed E-state index contributed by atoms with van der Waals surface area (Å²) in [4.78, 5) is 12.4. The third-order valence-electron chi connectivity index (χ3n) is 5.39. The lowest BCUT2D eigenvalue weighted by atomic mass is 10.1. The minimum atomic E-state index is -2.20. The summed E-state index contributed by atoms with van der Waals surface area (Å²) in [6, 6.07) is 0. The van der Waals surface area contributed by atoms with Crippen LogP contribution in [0.25, 0.3) is 11.2 Å². The number of hydrogen-bond donors (Lipinski definition) is 3. The number of anilines is 1. The Morgan fingerprint density at radius 2 is 2.00 bits per heavy atom. The zero-order valence-corrected chi connectivity index (χ0v) is 16.7. The highest BCUT2D eigenvalue weighted by Crippen LogP contribution is 2.42. The summed E-state index contributed by atoms with van der Waals surface area (Å²) in [5.41, 5.74) is 6.82. The molecule has 1 aliphatic rings. The second-order valence-electron chi connectivity index (χ2n) is 8.16. The standard InChI is InChI=1S/C16H27N5O4Si/c1-16(2,3)26(4,5)25-12-11(23)9(6-22)24-15(12)21-8-20-10-13(17)18-7-19-14(10)21/h7-9,11-12,15,22-23H,6H2,1-5H3,(H2,17,18,19)/t9-,11-,12-,15-/m1/s1. The third-order valence-corrected chi connectivity index (χ3v) is 9.86. The number of ether oxygens (including phenoxy) is 1. The Labute approximate surface area is 153 Å². The van der Waals surface area contributed by atoms with Crippen LogP contribution in [0, 0.1) is 0 Å². The minimum Gasteiger partial charge on any atom is -0.407 e. The lowest BCUT2D eigenvalue weighted by Gasteiger charge is -2.40. The lowest BCUT2D eigenvalue weighted by molar-refractivity contribution is -0.0497. The molecular weight excluding hydrogens is 354 g/mol. The minimum absolute atomic E-state index is 0.0435. The van der Waals surface area contributed by atoms with Crippen molar-refractivity contribution in [2.24, 2.45) is 0 Å². The molecule has 1 fully saturated rings. The number of aliphatic hydroxyl groups is 2. The van der Waals surface area contributed by atoms with Crippen molar-refractivity contribution in [1.82, 2.24) is 19.5 Å². The molecule has 26 heavy (non-hydrogen) atoms. The van der Waals surface area contributed by atoms with Gasteiger partial charge in [0.1, 0.15) is 30.2 Å². The number of aliphatic hydroxyl groups excluding tert-OH is 2. The number of hydrogen-bond acceptors (Lipinski definition) is 8. The molecule has 144 valence electrons. The number of nitrogen functional groups attached to an aromatic ring is 1. The van der Waals surface area contributed by atoms with Crippen molar-refractivity contribution in [2.75, 3.05) is 12.3 Å². The highest BCUT2D eigenvalue weighted by molar-refractivity contribution is 6.74. The van der Waals surface area contributed by atoms with Gasteiger partial charge < -0.3 is 25.1 Å². The highest BCUT2D eigenvalue weighted by Gasteiger charge is 2.50. The van der Waals surface area contributed by atoms with Crippen molar-refractivity contribution < 1.29 is 19.4 Å². The van der Waals surface area contributed by atoms with Crippen LogP contribution in [0.15, 0.2) is 12.7 Å². The van der Waals surface area contributed by atoms with Gasteiger partial charge in [-0.25, -0.2) is 15.0 Å². The molecule has 0 amide bonds. The molecule has 0 saturated carbocycles. The van der Waals surface area contributed by atoms with Crippen LogP contribution in [-0.2, 0) is 9.16 Å².